The van der Waals surface area contributed by atoms with Crippen LogP contribution in [0.5, 0.6) is 0 Å². The zero-order chi connectivity index (χ0) is 13.6. The van der Waals surface area contributed by atoms with Crippen LogP contribution in [0.4, 0.5) is 0 Å². The highest BCUT2D eigenvalue weighted by Gasteiger charge is 2.02. The summed E-state index contributed by atoms with van der Waals surface area (Å²) in [4.78, 5) is 4.65. The number of nitrogens with one attached hydrogen (secondary N) is 1. The molecule has 1 aromatic heterocycles. The highest BCUT2D eigenvalue weighted by Crippen LogP contribution is 2.21. The van der Waals surface area contributed by atoms with Gasteiger partial charge in [0.1, 0.15) is 0 Å². The summed E-state index contributed by atoms with van der Waals surface area (Å²) in [5.41, 5.74) is 2.51. The first-order valence-corrected chi connectivity index (χ1v) is 7.82. The molecule has 0 fully saturated rings. The highest BCUT2D eigenvalue weighted by molar-refractivity contribution is 7.18. The van der Waals surface area contributed by atoms with Crippen molar-refractivity contribution in [2.24, 2.45) is 0 Å². The van der Waals surface area contributed by atoms with Crippen molar-refractivity contribution in [1.29, 1.82) is 0 Å². The van der Waals surface area contributed by atoms with Crippen molar-refractivity contribution in [1.82, 2.24) is 10.3 Å². The van der Waals surface area contributed by atoms with Gasteiger partial charge in [-0.3, -0.25) is 0 Å². The molecule has 3 heteroatoms. The summed E-state index contributed by atoms with van der Waals surface area (Å²) in [5.74, 6) is 0. The van der Waals surface area contributed by atoms with Gasteiger partial charge in [-0.2, -0.15) is 0 Å². The minimum absolute atomic E-state index is 0.993. The van der Waals surface area contributed by atoms with Gasteiger partial charge >= 0.3 is 0 Å². The van der Waals surface area contributed by atoms with Gasteiger partial charge in [-0.15, -0.1) is 11.3 Å². The van der Waals surface area contributed by atoms with E-state index in [0.717, 1.165) is 31.4 Å². The first-order chi connectivity index (χ1) is 9.92. The fourth-order valence-corrected chi connectivity index (χ4v) is 3.19. The number of hydrogen-bond acceptors (Lipinski definition) is 3. The molecule has 0 atom stereocenters. The van der Waals surface area contributed by atoms with Crippen molar-refractivity contribution < 1.29 is 0 Å². The van der Waals surface area contributed by atoms with E-state index in [1.54, 1.807) is 11.3 Å². The maximum Gasteiger partial charge on any atom is 0.0951 e. The zero-order valence-corrected chi connectivity index (χ0v) is 12.2. The van der Waals surface area contributed by atoms with E-state index in [1.807, 2.05) is 6.07 Å². The SMILES string of the molecule is c1ccc(CCNCCc2nc3ccccc3s2)cc1. The normalized spacial score (nSPS) is 11.0. The molecule has 0 aliphatic heterocycles. The van der Waals surface area contributed by atoms with Crippen molar-refractivity contribution in [2.75, 3.05) is 13.1 Å². The van der Waals surface area contributed by atoms with E-state index in [4.69, 9.17) is 0 Å². The quantitative estimate of drug-likeness (QED) is 0.698. The number of nitrogens with zero attached hydrogens (tertiary/aromatic N) is 1. The fraction of sp³-hybridized carbons (Fsp3) is 0.235. The molecule has 2 nitrogen and oxygen atoms in total. The van der Waals surface area contributed by atoms with Gasteiger partial charge < -0.3 is 5.32 Å². The molecule has 102 valence electrons. The van der Waals surface area contributed by atoms with Crippen LogP contribution in [0.2, 0.25) is 0 Å². The van der Waals surface area contributed by atoms with Crippen molar-refractivity contribution in [2.45, 2.75) is 12.8 Å². The first-order valence-electron chi connectivity index (χ1n) is 7.01. The standard InChI is InChI=1S/C17H18N2S/c1-2-6-14(7-3-1)10-12-18-13-11-17-19-15-8-4-5-9-16(15)20-17/h1-9,18H,10-13H2. The third-order valence-corrected chi connectivity index (χ3v) is 4.38. The van der Waals surface area contributed by atoms with Crippen LogP contribution in [0.1, 0.15) is 10.6 Å². The van der Waals surface area contributed by atoms with Gasteiger partial charge in [-0.25, -0.2) is 4.98 Å². The lowest BCUT2D eigenvalue weighted by Crippen LogP contribution is -2.20. The predicted octanol–water partition coefficient (Wildman–Crippen LogP) is 3.67. The molecule has 0 saturated carbocycles. The van der Waals surface area contributed by atoms with Crippen LogP contribution in [-0.2, 0) is 12.8 Å². The number of rotatable bonds is 6. The molecule has 20 heavy (non-hydrogen) atoms. The topological polar surface area (TPSA) is 24.9 Å². The van der Waals surface area contributed by atoms with Crippen molar-refractivity contribution >= 4 is 21.6 Å². The van der Waals surface area contributed by atoms with Gasteiger partial charge in [-0.1, -0.05) is 42.5 Å². The van der Waals surface area contributed by atoms with Crippen molar-refractivity contribution in [3.05, 3.63) is 65.2 Å². The summed E-state index contributed by atoms with van der Waals surface area (Å²) in [6.45, 7) is 2.02. The molecular formula is C17H18N2S. The first kappa shape index (κ1) is 13.3. The van der Waals surface area contributed by atoms with E-state index in [1.165, 1.54) is 15.3 Å². The maximum absolute atomic E-state index is 4.65. The Balaban J connectivity index is 1.43. The molecule has 2 aromatic carbocycles. The van der Waals surface area contributed by atoms with Crippen LogP contribution in [0.25, 0.3) is 10.2 Å². The van der Waals surface area contributed by atoms with E-state index in [9.17, 15) is 0 Å². The molecule has 0 unspecified atom stereocenters. The van der Waals surface area contributed by atoms with E-state index in [-0.39, 0.29) is 0 Å². The Hall–Kier alpha value is -1.71. The molecule has 3 aromatic rings. The predicted molar refractivity (Wildman–Crippen MR) is 86.3 cm³/mol. The Labute approximate surface area is 123 Å². The van der Waals surface area contributed by atoms with Crippen molar-refractivity contribution in [3.63, 3.8) is 0 Å². The van der Waals surface area contributed by atoms with Gasteiger partial charge in [0.05, 0.1) is 15.2 Å². The number of para-hydroxylation sites is 1. The fourth-order valence-electron chi connectivity index (χ4n) is 2.22. The molecule has 1 heterocycles. The number of hydrogen-bond donors (Lipinski definition) is 1. The average molecular weight is 282 g/mol. The largest absolute Gasteiger partial charge is 0.316 e. The number of thiazole rings is 1. The zero-order valence-electron chi connectivity index (χ0n) is 11.4. The van der Waals surface area contributed by atoms with Crippen LogP contribution < -0.4 is 5.32 Å². The third-order valence-electron chi connectivity index (χ3n) is 3.29. The summed E-state index contributed by atoms with van der Waals surface area (Å²) in [5, 5.41) is 4.71. The van der Waals surface area contributed by atoms with Gasteiger partial charge in [0.2, 0.25) is 0 Å². The van der Waals surface area contributed by atoms with Crippen LogP contribution in [0.15, 0.2) is 54.6 Å². The molecule has 0 bridgehead atoms. The molecule has 0 spiro atoms. The van der Waals surface area contributed by atoms with E-state index in [2.05, 4.69) is 58.8 Å². The molecule has 3 rings (SSSR count). The van der Waals surface area contributed by atoms with E-state index >= 15 is 0 Å². The Morgan fingerprint density at radius 3 is 2.45 bits per heavy atom. The minimum Gasteiger partial charge on any atom is -0.316 e. The van der Waals surface area contributed by atoms with Crippen LogP contribution >= 0.6 is 11.3 Å². The summed E-state index contributed by atoms with van der Waals surface area (Å²) in [6, 6.07) is 18.9. The lowest BCUT2D eigenvalue weighted by molar-refractivity contribution is 0.680. The van der Waals surface area contributed by atoms with Crippen LogP contribution in [0.3, 0.4) is 0 Å². The monoisotopic (exact) mass is 282 g/mol. The van der Waals surface area contributed by atoms with Gasteiger partial charge in [-0.05, 0) is 30.7 Å². The molecule has 0 saturated heterocycles. The number of aromatic nitrogens is 1. The molecular weight excluding hydrogens is 264 g/mol. The average Bonchev–Trinajstić information content (AvgIpc) is 2.90. The minimum atomic E-state index is 0.993. The Morgan fingerprint density at radius 1 is 0.850 bits per heavy atom. The van der Waals surface area contributed by atoms with Crippen molar-refractivity contribution in [3.8, 4) is 0 Å². The van der Waals surface area contributed by atoms with Gasteiger partial charge in [0, 0.05) is 13.0 Å². The Kier molecular flexibility index (Phi) is 4.41. The van der Waals surface area contributed by atoms with Crippen LogP contribution in [0, 0.1) is 0 Å². The maximum atomic E-state index is 4.65. The highest BCUT2D eigenvalue weighted by atomic mass is 32.1. The summed E-state index contributed by atoms with van der Waals surface area (Å²) >= 11 is 1.80. The Morgan fingerprint density at radius 2 is 1.60 bits per heavy atom. The summed E-state index contributed by atoms with van der Waals surface area (Å²) in [6.07, 6.45) is 2.09. The second-order valence-electron chi connectivity index (χ2n) is 4.81. The molecule has 0 aliphatic rings. The Bertz CT molecular complexity index is 628. The third kappa shape index (κ3) is 3.44. The smallest absolute Gasteiger partial charge is 0.0951 e. The molecule has 1 N–H and O–H groups in total. The van der Waals surface area contributed by atoms with Gasteiger partial charge in [0.15, 0.2) is 0 Å². The lowest BCUT2D eigenvalue weighted by atomic mass is 10.1. The number of fused-ring (bicyclic) bond motifs is 1. The molecule has 0 radical (unpaired) electrons. The second kappa shape index (κ2) is 6.64. The summed E-state index contributed by atoms with van der Waals surface area (Å²) in [7, 11) is 0. The van der Waals surface area contributed by atoms with E-state index in [0.29, 0.717) is 0 Å². The van der Waals surface area contributed by atoms with Crippen LogP contribution in [-0.4, -0.2) is 18.1 Å². The summed E-state index contributed by atoms with van der Waals surface area (Å²) < 4.78 is 1.28. The van der Waals surface area contributed by atoms with Gasteiger partial charge in [0.25, 0.3) is 0 Å². The molecule has 0 amide bonds. The van der Waals surface area contributed by atoms with E-state index < -0.39 is 0 Å². The second-order valence-corrected chi connectivity index (χ2v) is 5.93. The number of benzene rings is 2. The lowest BCUT2D eigenvalue weighted by Gasteiger charge is -2.03. The molecule has 0 aliphatic carbocycles.